The molecule has 0 saturated carbocycles. The van der Waals surface area contributed by atoms with E-state index in [4.69, 9.17) is 0 Å². The third-order valence-corrected chi connectivity index (χ3v) is 5.57. The van der Waals surface area contributed by atoms with Crippen molar-refractivity contribution in [2.75, 3.05) is 33.7 Å². The van der Waals surface area contributed by atoms with E-state index in [-0.39, 0.29) is 5.91 Å². The number of nitrogens with one attached hydrogen (secondary N) is 1. The van der Waals surface area contributed by atoms with E-state index in [2.05, 4.69) is 39.2 Å². The first kappa shape index (κ1) is 17.2. The minimum Gasteiger partial charge on any atom is -0.332 e. The second-order valence-corrected chi connectivity index (χ2v) is 7.67. The van der Waals surface area contributed by atoms with Crippen LogP contribution < -0.4 is 0 Å². The Morgan fingerprint density at radius 3 is 3.00 bits per heavy atom. The van der Waals surface area contributed by atoms with Gasteiger partial charge >= 0.3 is 0 Å². The highest BCUT2D eigenvalue weighted by Crippen LogP contribution is 2.22. The molecule has 8 heteroatoms. The van der Waals surface area contributed by atoms with E-state index in [1.807, 2.05) is 24.3 Å². The van der Waals surface area contributed by atoms with Gasteiger partial charge in [0.15, 0.2) is 5.69 Å². The molecule has 140 valence electrons. The maximum atomic E-state index is 13.1. The summed E-state index contributed by atoms with van der Waals surface area (Å²) in [5.41, 5.74) is 3.86. The number of fused-ring (bicyclic) bond motifs is 1. The van der Waals surface area contributed by atoms with Gasteiger partial charge in [-0.2, -0.15) is 10.2 Å². The second kappa shape index (κ2) is 6.85. The van der Waals surface area contributed by atoms with Gasteiger partial charge in [0.05, 0.1) is 6.20 Å². The lowest BCUT2D eigenvalue weighted by Crippen LogP contribution is -2.37. The molecule has 26 heavy (non-hydrogen) atoms. The molecular formula is C18H27N7O. The third kappa shape index (κ3) is 3.26. The van der Waals surface area contributed by atoms with Crippen LogP contribution in [0.5, 0.6) is 0 Å². The fraction of sp³-hybridized carbons (Fsp3) is 0.611. The van der Waals surface area contributed by atoms with Gasteiger partial charge in [0.1, 0.15) is 0 Å². The number of H-pyrrole nitrogens is 1. The molecule has 1 amide bonds. The minimum atomic E-state index is 0.0239. The van der Waals surface area contributed by atoms with Crippen LogP contribution in [0.3, 0.4) is 0 Å². The topological polar surface area (TPSA) is 73.3 Å². The highest BCUT2D eigenvalue weighted by atomic mass is 16.2. The van der Waals surface area contributed by atoms with Crippen LogP contribution in [0.2, 0.25) is 0 Å². The smallest absolute Gasteiger partial charge is 0.275 e. The zero-order valence-electron chi connectivity index (χ0n) is 15.8. The monoisotopic (exact) mass is 357 g/mol. The van der Waals surface area contributed by atoms with Crippen molar-refractivity contribution in [2.24, 2.45) is 7.05 Å². The van der Waals surface area contributed by atoms with Crippen molar-refractivity contribution in [1.82, 2.24) is 34.7 Å². The number of amides is 1. The van der Waals surface area contributed by atoms with Crippen molar-refractivity contribution in [3.63, 3.8) is 0 Å². The Kier molecular flexibility index (Phi) is 4.54. The first-order chi connectivity index (χ1) is 12.5. The zero-order chi connectivity index (χ0) is 18.3. The number of aryl methyl sites for hydroxylation is 1. The fourth-order valence-corrected chi connectivity index (χ4v) is 4.00. The molecule has 1 fully saturated rings. The van der Waals surface area contributed by atoms with Crippen molar-refractivity contribution in [3.8, 4) is 0 Å². The number of aromatic nitrogens is 4. The van der Waals surface area contributed by atoms with Gasteiger partial charge in [-0.15, -0.1) is 0 Å². The highest BCUT2D eigenvalue weighted by Gasteiger charge is 2.29. The molecule has 0 aromatic carbocycles. The summed E-state index contributed by atoms with van der Waals surface area (Å²) in [5, 5.41) is 11.6. The molecule has 0 bridgehead atoms. The summed E-state index contributed by atoms with van der Waals surface area (Å²) in [6.07, 6.45) is 5.80. The number of carbonyl (C=O) groups is 1. The first-order valence-corrected chi connectivity index (χ1v) is 9.23. The number of carbonyl (C=O) groups excluding carboxylic acids is 1. The SMILES string of the molecule is CN(C)C1CCN(Cc2cn(C)nc2C(=O)N2CCc3[nH]ncc3C2)C1. The third-order valence-electron chi connectivity index (χ3n) is 5.57. The van der Waals surface area contributed by atoms with E-state index in [0.29, 0.717) is 24.8 Å². The Morgan fingerprint density at radius 1 is 1.38 bits per heavy atom. The van der Waals surface area contributed by atoms with Crippen molar-refractivity contribution >= 4 is 5.91 Å². The molecule has 0 aliphatic carbocycles. The number of likely N-dealkylation sites (N-methyl/N-ethyl adjacent to an activating group) is 1. The standard InChI is InChI=1S/C18H27N7O/c1-22(2)15-4-6-24(12-15)10-14-9-23(3)21-17(14)18(26)25-7-5-16-13(11-25)8-19-20-16/h8-9,15H,4-7,10-12H2,1-3H3,(H,19,20). The largest absolute Gasteiger partial charge is 0.332 e. The van der Waals surface area contributed by atoms with E-state index in [1.165, 1.54) is 6.42 Å². The molecular weight excluding hydrogens is 330 g/mol. The Balaban J connectivity index is 1.48. The number of likely N-dealkylation sites (tertiary alicyclic amines) is 1. The van der Waals surface area contributed by atoms with Gasteiger partial charge < -0.3 is 9.80 Å². The first-order valence-electron chi connectivity index (χ1n) is 9.23. The van der Waals surface area contributed by atoms with Crippen molar-refractivity contribution in [3.05, 3.63) is 34.9 Å². The van der Waals surface area contributed by atoms with Gasteiger partial charge in [0, 0.05) is 75.3 Å². The molecule has 1 atom stereocenters. The van der Waals surface area contributed by atoms with Crippen LogP contribution in [0, 0.1) is 0 Å². The molecule has 0 radical (unpaired) electrons. The van der Waals surface area contributed by atoms with Gasteiger partial charge in [-0.1, -0.05) is 0 Å². The van der Waals surface area contributed by atoms with Gasteiger partial charge in [-0.25, -0.2) is 0 Å². The molecule has 2 aliphatic rings. The Bertz CT molecular complexity index is 793. The van der Waals surface area contributed by atoms with Crippen LogP contribution >= 0.6 is 0 Å². The van der Waals surface area contributed by atoms with E-state index in [1.54, 1.807) is 4.68 Å². The van der Waals surface area contributed by atoms with Gasteiger partial charge in [-0.05, 0) is 20.5 Å². The maximum absolute atomic E-state index is 13.1. The van der Waals surface area contributed by atoms with Crippen molar-refractivity contribution in [2.45, 2.75) is 32.0 Å². The summed E-state index contributed by atoms with van der Waals surface area (Å²) in [6, 6.07) is 0.590. The van der Waals surface area contributed by atoms with Crippen LogP contribution in [0.15, 0.2) is 12.4 Å². The van der Waals surface area contributed by atoms with Gasteiger partial charge in [-0.3, -0.25) is 19.5 Å². The van der Waals surface area contributed by atoms with Crippen LogP contribution in [0.1, 0.15) is 33.7 Å². The summed E-state index contributed by atoms with van der Waals surface area (Å²) in [7, 11) is 6.15. The van der Waals surface area contributed by atoms with E-state index < -0.39 is 0 Å². The lowest BCUT2D eigenvalue weighted by atomic mass is 10.1. The summed E-state index contributed by atoms with van der Waals surface area (Å²) < 4.78 is 1.76. The lowest BCUT2D eigenvalue weighted by Gasteiger charge is -2.26. The Labute approximate surface area is 153 Å². The molecule has 1 N–H and O–H groups in total. The molecule has 4 heterocycles. The summed E-state index contributed by atoms with van der Waals surface area (Å²) >= 11 is 0. The van der Waals surface area contributed by atoms with E-state index in [9.17, 15) is 4.79 Å². The molecule has 0 spiro atoms. The van der Waals surface area contributed by atoms with Crippen LogP contribution in [-0.2, 0) is 26.6 Å². The van der Waals surface area contributed by atoms with E-state index in [0.717, 1.165) is 42.9 Å². The molecule has 2 aromatic rings. The fourth-order valence-electron chi connectivity index (χ4n) is 4.00. The number of nitrogens with zero attached hydrogens (tertiary/aromatic N) is 6. The normalized spacial score (nSPS) is 20.8. The summed E-state index contributed by atoms with van der Waals surface area (Å²) in [4.78, 5) is 19.7. The number of rotatable bonds is 4. The Morgan fingerprint density at radius 2 is 2.23 bits per heavy atom. The lowest BCUT2D eigenvalue weighted by molar-refractivity contribution is 0.0725. The summed E-state index contributed by atoms with van der Waals surface area (Å²) in [6.45, 7) is 4.19. The van der Waals surface area contributed by atoms with Crippen LogP contribution in [0.25, 0.3) is 0 Å². The average Bonchev–Trinajstić information content (AvgIpc) is 3.33. The number of hydrogen-bond acceptors (Lipinski definition) is 5. The van der Waals surface area contributed by atoms with Gasteiger partial charge in [0.2, 0.25) is 0 Å². The molecule has 2 aromatic heterocycles. The van der Waals surface area contributed by atoms with Gasteiger partial charge in [0.25, 0.3) is 5.91 Å². The molecule has 1 saturated heterocycles. The van der Waals surface area contributed by atoms with Crippen LogP contribution in [-0.4, -0.2) is 80.4 Å². The average molecular weight is 357 g/mol. The molecule has 8 nitrogen and oxygen atoms in total. The number of aromatic amines is 1. The van der Waals surface area contributed by atoms with E-state index >= 15 is 0 Å². The second-order valence-electron chi connectivity index (χ2n) is 7.67. The molecule has 4 rings (SSSR count). The predicted molar refractivity (Wildman–Crippen MR) is 97.6 cm³/mol. The molecule has 2 aliphatic heterocycles. The quantitative estimate of drug-likeness (QED) is 0.862. The minimum absolute atomic E-state index is 0.0239. The summed E-state index contributed by atoms with van der Waals surface area (Å²) in [5.74, 6) is 0.0239. The van der Waals surface area contributed by atoms with Crippen molar-refractivity contribution < 1.29 is 4.79 Å². The predicted octanol–water partition coefficient (Wildman–Crippen LogP) is 0.478. The highest BCUT2D eigenvalue weighted by molar-refractivity contribution is 5.93. The molecule has 1 unspecified atom stereocenters. The number of hydrogen-bond donors (Lipinski definition) is 1. The Hall–Kier alpha value is -2.19. The van der Waals surface area contributed by atoms with Crippen LogP contribution in [0.4, 0.5) is 0 Å². The van der Waals surface area contributed by atoms with Crippen molar-refractivity contribution in [1.29, 1.82) is 0 Å². The maximum Gasteiger partial charge on any atom is 0.275 e. The zero-order valence-corrected chi connectivity index (χ0v) is 15.8.